The maximum Gasteiger partial charge on any atom is 0.276 e. The van der Waals surface area contributed by atoms with Crippen molar-refractivity contribution in [3.8, 4) is 0 Å². The summed E-state index contributed by atoms with van der Waals surface area (Å²) in [5.74, 6) is -0.147. The lowest BCUT2D eigenvalue weighted by Crippen LogP contribution is -2.28. The first kappa shape index (κ1) is 18.9. The number of hydrogen-bond donors (Lipinski definition) is 1. The van der Waals surface area contributed by atoms with Crippen LogP contribution in [-0.2, 0) is 17.6 Å². The maximum atomic E-state index is 12.7. The predicted molar refractivity (Wildman–Crippen MR) is 114 cm³/mol. The SMILES string of the molecule is CN(C(=O)c1ccccn1)c1ccc(NC(=O)C2CCc3ccccc3C2)cc1. The van der Waals surface area contributed by atoms with Gasteiger partial charge in [0.2, 0.25) is 5.91 Å². The molecule has 0 saturated heterocycles. The molecule has 3 aromatic rings. The van der Waals surface area contributed by atoms with Gasteiger partial charge in [-0.3, -0.25) is 14.6 Å². The number of nitrogens with one attached hydrogen (secondary N) is 1. The third-order valence-corrected chi connectivity index (χ3v) is 5.43. The summed E-state index contributed by atoms with van der Waals surface area (Å²) in [7, 11) is 1.71. The molecule has 0 aliphatic heterocycles. The summed E-state index contributed by atoms with van der Waals surface area (Å²) < 4.78 is 0. The second-order valence-corrected chi connectivity index (χ2v) is 7.32. The lowest BCUT2D eigenvalue weighted by atomic mass is 9.83. The quantitative estimate of drug-likeness (QED) is 0.735. The number of rotatable bonds is 4. The van der Waals surface area contributed by atoms with Gasteiger partial charge < -0.3 is 10.2 Å². The molecule has 5 heteroatoms. The molecule has 0 saturated carbocycles. The van der Waals surface area contributed by atoms with Crippen LogP contribution in [0.25, 0.3) is 0 Å². The molecule has 0 radical (unpaired) electrons. The van der Waals surface area contributed by atoms with Gasteiger partial charge in [0.25, 0.3) is 5.91 Å². The molecule has 29 heavy (non-hydrogen) atoms. The van der Waals surface area contributed by atoms with Crippen molar-refractivity contribution in [1.29, 1.82) is 0 Å². The molecule has 0 spiro atoms. The van der Waals surface area contributed by atoms with Crippen molar-refractivity contribution in [2.45, 2.75) is 19.3 Å². The average Bonchev–Trinajstić information content (AvgIpc) is 2.79. The molecule has 4 rings (SSSR count). The monoisotopic (exact) mass is 385 g/mol. The van der Waals surface area contributed by atoms with Gasteiger partial charge in [0.15, 0.2) is 0 Å². The second-order valence-electron chi connectivity index (χ2n) is 7.32. The van der Waals surface area contributed by atoms with Gasteiger partial charge in [-0.25, -0.2) is 0 Å². The number of carbonyl (C=O) groups is 2. The highest BCUT2D eigenvalue weighted by Crippen LogP contribution is 2.27. The number of pyridine rings is 1. The molecule has 1 atom stereocenters. The Kier molecular flexibility index (Phi) is 5.38. The van der Waals surface area contributed by atoms with E-state index in [9.17, 15) is 9.59 Å². The first-order valence-corrected chi connectivity index (χ1v) is 9.78. The zero-order chi connectivity index (χ0) is 20.2. The van der Waals surface area contributed by atoms with Crippen LogP contribution in [0.1, 0.15) is 28.0 Å². The largest absolute Gasteiger partial charge is 0.326 e. The number of hydrogen-bond acceptors (Lipinski definition) is 3. The van der Waals surface area contributed by atoms with Gasteiger partial charge in [-0.1, -0.05) is 30.3 Å². The average molecular weight is 385 g/mol. The van der Waals surface area contributed by atoms with Crippen LogP contribution in [-0.4, -0.2) is 23.8 Å². The van der Waals surface area contributed by atoms with Crippen LogP contribution >= 0.6 is 0 Å². The zero-order valence-corrected chi connectivity index (χ0v) is 16.3. The third kappa shape index (κ3) is 4.19. The summed E-state index contributed by atoms with van der Waals surface area (Å²) in [4.78, 5) is 30.9. The van der Waals surface area contributed by atoms with E-state index in [1.165, 1.54) is 11.1 Å². The van der Waals surface area contributed by atoms with Crippen LogP contribution in [0.5, 0.6) is 0 Å². The number of aryl methyl sites for hydroxylation is 1. The summed E-state index contributed by atoms with van der Waals surface area (Å²) in [5, 5.41) is 3.01. The fourth-order valence-corrected chi connectivity index (χ4v) is 3.71. The minimum atomic E-state index is -0.178. The van der Waals surface area contributed by atoms with Crippen LogP contribution in [0.4, 0.5) is 11.4 Å². The Balaban J connectivity index is 1.39. The molecule has 1 aliphatic rings. The predicted octanol–water partition coefficient (Wildman–Crippen LogP) is 4.10. The van der Waals surface area contributed by atoms with Crippen LogP contribution in [0.15, 0.2) is 72.9 Å². The van der Waals surface area contributed by atoms with E-state index in [0.29, 0.717) is 5.69 Å². The fraction of sp³-hybridized carbons (Fsp3) is 0.208. The van der Waals surface area contributed by atoms with E-state index in [-0.39, 0.29) is 17.7 Å². The fourth-order valence-electron chi connectivity index (χ4n) is 3.71. The smallest absolute Gasteiger partial charge is 0.276 e. The van der Waals surface area contributed by atoms with Gasteiger partial charge in [-0.2, -0.15) is 0 Å². The molecule has 2 aromatic carbocycles. The Bertz CT molecular complexity index is 1020. The summed E-state index contributed by atoms with van der Waals surface area (Å²) in [6.07, 6.45) is 4.18. The van der Waals surface area contributed by atoms with Crippen molar-refractivity contribution in [3.63, 3.8) is 0 Å². The second kappa shape index (κ2) is 8.27. The topological polar surface area (TPSA) is 62.3 Å². The minimum absolute atomic E-state index is 0.0158. The maximum absolute atomic E-state index is 12.7. The molecule has 2 amide bonds. The van der Waals surface area contributed by atoms with E-state index >= 15 is 0 Å². The highest BCUT2D eigenvalue weighted by Gasteiger charge is 2.24. The summed E-state index contributed by atoms with van der Waals surface area (Å²) in [6, 6.07) is 20.9. The van der Waals surface area contributed by atoms with E-state index in [0.717, 1.165) is 30.6 Å². The van der Waals surface area contributed by atoms with Gasteiger partial charge in [0, 0.05) is 30.5 Å². The number of aromatic nitrogens is 1. The zero-order valence-electron chi connectivity index (χ0n) is 16.3. The van der Waals surface area contributed by atoms with Crippen LogP contribution < -0.4 is 10.2 Å². The van der Waals surface area contributed by atoms with Gasteiger partial charge in [0.1, 0.15) is 5.69 Å². The molecule has 1 heterocycles. The van der Waals surface area contributed by atoms with E-state index in [1.54, 1.807) is 36.3 Å². The first-order chi connectivity index (χ1) is 14.1. The van der Waals surface area contributed by atoms with Crippen molar-refractivity contribution in [2.75, 3.05) is 17.3 Å². The van der Waals surface area contributed by atoms with Gasteiger partial charge >= 0.3 is 0 Å². The van der Waals surface area contributed by atoms with Crippen LogP contribution in [0.2, 0.25) is 0 Å². The molecule has 5 nitrogen and oxygen atoms in total. The van der Waals surface area contributed by atoms with Gasteiger partial charge in [-0.05, 0) is 66.8 Å². The van der Waals surface area contributed by atoms with E-state index in [4.69, 9.17) is 0 Å². The normalized spacial score (nSPS) is 15.3. The van der Waals surface area contributed by atoms with Crippen LogP contribution in [0.3, 0.4) is 0 Å². The van der Waals surface area contributed by atoms with E-state index in [2.05, 4.69) is 28.5 Å². The Morgan fingerprint density at radius 3 is 2.41 bits per heavy atom. The molecule has 146 valence electrons. The summed E-state index contributed by atoms with van der Waals surface area (Å²) in [5.41, 5.74) is 4.48. The van der Waals surface area contributed by atoms with E-state index in [1.807, 2.05) is 30.3 Å². The third-order valence-electron chi connectivity index (χ3n) is 5.43. The highest BCUT2D eigenvalue weighted by molar-refractivity contribution is 6.04. The molecular weight excluding hydrogens is 362 g/mol. The molecular formula is C24H23N3O2. The Morgan fingerprint density at radius 2 is 1.69 bits per heavy atom. The minimum Gasteiger partial charge on any atom is -0.326 e. The number of anilines is 2. The number of carbonyl (C=O) groups excluding carboxylic acids is 2. The Labute approximate surface area is 170 Å². The van der Waals surface area contributed by atoms with Crippen molar-refractivity contribution in [2.24, 2.45) is 5.92 Å². The molecule has 1 unspecified atom stereocenters. The molecule has 1 aliphatic carbocycles. The number of amides is 2. The van der Waals surface area contributed by atoms with Crippen molar-refractivity contribution >= 4 is 23.2 Å². The molecule has 0 bridgehead atoms. The molecule has 0 fully saturated rings. The number of fused-ring (bicyclic) bond motifs is 1. The van der Waals surface area contributed by atoms with Crippen LogP contribution in [0, 0.1) is 5.92 Å². The molecule has 1 aromatic heterocycles. The Morgan fingerprint density at radius 1 is 0.966 bits per heavy atom. The number of nitrogens with zero attached hydrogens (tertiary/aromatic N) is 2. The van der Waals surface area contributed by atoms with Gasteiger partial charge in [0.05, 0.1) is 0 Å². The highest BCUT2D eigenvalue weighted by atomic mass is 16.2. The van der Waals surface area contributed by atoms with E-state index < -0.39 is 0 Å². The van der Waals surface area contributed by atoms with Crippen molar-refractivity contribution in [1.82, 2.24) is 4.98 Å². The lowest BCUT2D eigenvalue weighted by molar-refractivity contribution is -0.120. The summed E-state index contributed by atoms with van der Waals surface area (Å²) >= 11 is 0. The lowest BCUT2D eigenvalue weighted by Gasteiger charge is -2.24. The first-order valence-electron chi connectivity index (χ1n) is 9.78. The van der Waals surface area contributed by atoms with Gasteiger partial charge in [-0.15, -0.1) is 0 Å². The molecule has 1 N–H and O–H groups in total. The van der Waals surface area contributed by atoms with Crippen molar-refractivity contribution in [3.05, 3.63) is 89.7 Å². The number of benzene rings is 2. The standard InChI is InChI=1S/C24H23N3O2/c1-27(24(29)22-8-4-5-15-25-22)21-13-11-20(12-14-21)26-23(28)19-10-9-17-6-2-3-7-18(17)16-19/h2-8,11-15,19H,9-10,16H2,1H3,(H,26,28). The Hall–Kier alpha value is -3.47. The summed E-state index contributed by atoms with van der Waals surface area (Å²) in [6.45, 7) is 0. The van der Waals surface area contributed by atoms with Crippen molar-refractivity contribution < 1.29 is 9.59 Å².